The van der Waals surface area contributed by atoms with E-state index in [-0.39, 0.29) is 0 Å². The van der Waals surface area contributed by atoms with Gasteiger partial charge in [-0.05, 0) is 78.3 Å². The molecule has 1 aliphatic carbocycles. The summed E-state index contributed by atoms with van der Waals surface area (Å²) in [5.74, 6) is 0. The first-order valence-electron chi connectivity index (χ1n) is 9.78. The molecule has 142 valence electrons. The number of benzene rings is 2. The molecule has 1 aliphatic rings. The van der Waals surface area contributed by atoms with E-state index in [1.54, 1.807) is 0 Å². The average molecular weight is 373 g/mol. The maximum atomic E-state index is 4.88. The molecule has 6 nitrogen and oxygen atoms in total. The highest BCUT2D eigenvalue weighted by atomic mass is 16.6. The maximum Gasteiger partial charge on any atom is 0.139 e. The average Bonchev–Trinajstić information content (AvgIpc) is 3.36. The Hall–Kier alpha value is -2.99. The molecule has 0 saturated heterocycles. The van der Waals surface area contributed by atoms with Gasteiger partial charge in [0.25, 0.3) is 0 Å². The van der Waals surface area contributed by atoms with E-state index in [1.807, 2.05) is 18.3 Å². The lowest BCUT2D eigenvalue weighted by atomic mass is 9.92. The molecule has 1 N–H and O–H groups in total. The van der Waals surface area contributed by atoms with Crippen molar-refractivity contribution in [3.8, 4) is 5.69 Å². The summed E-state index contributed by atoms with van der Waals surface area (Å²) >= 11 is 0. The molecule has 1 unspecified atom stereocenters. The van der Waals surface area contributed by atoms with Crippen LogP contribution in [0.2, 0.25) is 0 Å². The van der Waals surface area contributed by atoms with E-state index in [0.717, 1.165) is 48.1 Å². The highest BCUT2D eigenvalue weighted by Crippen LogP contribution is 2.32. The topological polar surface area (TPSA) is 68.8 Å². The molecule has 2 aromatic heterocycles. The number of hydrogen-bond acceptors (Lipinski definition) is 5. The zero-order chi connectivity index (χ0) is 19.1. The van der Waals surface area contributed by atoms with E-state index in [2.05, 4.69) is 58.4 Å². The van der Waals surface area contributed by atoms with Gasteiger partial charge in [-0.2, -0.15) is 5.10 Å². The SMILES string of the molecule is Cc1ccc(-n2ncc3c2CCCC3NCc2cccc3nonc23)cc1C. The van der Waals surface area contributed by atoms with Crippen LogP contribution in [-0.2, 0) is 13.0 Å². The van der Waals surface area contributed by atoms with Crippen LogP contribution in [-0.4, -0.2) is 20.1 Å². The van der Waals surface area contributed by atoms with Crippen molar-refractivity contribution in [2.24, 2.45) is 0 Å². The Morgan fingerprint density at radius 1 is 1.14 bits per heavy atom. The number of aromatic nitrogens is 4. The van der Waals surface area contributed by atoms with E-state index < -0.39 is 0 Å². The van der Waals surface area contributed by atoms with Crippen molar-refractivity contribution >= 4 is 11.0 Å². The summed E-state index contributed by atoms with van der Waals surface area (Å²) in [6.45, 7) is 5.02. The molecule has 28 heavy (non-hydrogen) atoms. The van der Waals surface area contributed by atoms with Gasteiger partial charge in [0.15, 0.2) is 0 Å². The van der Waals surface area contributed by atoms with Gasteiger partial charge in [0.05, 0.1) is 11.9 Å². The molecule has 1 atom stereocenters. The van der Waals surface area contributed by atoms with Gasteiger partial charge in [-0.15, -0.1) is 0 Å². The molecule has 6 heteroatoms. The van der Waals surface area contributed by atoms with E-state index in [0.29, 0.717) is 6.04 Å². The third kappa shape index (κ3) is 2.90. The lowest BCUT2D eigenvalue weighted by Crippen LogP contribution is -2.25. The van der Waals surface area contributed by atoms with E-state index in [4.69, 9.17) is 9.73 Å². The van der Waals surface area contributed by atoms with Gasteiger partial charge in [-0.1, -0.05) is 18.2 Å². The Morgan fingerprint density at radius 2 is 2.07 bits per heavy atom. The third-order valence-corrected chi connectivity index (χ3v) is 5.83. The second kappa shape index (κ2) is 6.87. The van der Waals surface area contributed by atoms with Crippen molar-refractivity contribution in [2.75, 3.05) is 0 Å². The monoisotopic (exact) mass is 373 g/mol. The number of hydrogen-bond donors (Lipinski definition) is 1. The molecule has 2 aromatic carbocycles. The standard InChI is InChI=1S/C22H23N5O/c1-14-9-10-17(11-15(14)2)27-21-8-4-6-19(18(21)13-24-27)23-12-16-5-3-7-20-22(16)26-28-25-20/h3,5,7,9-11,13,19,23H,4,6,8,12H2,1-2H3. The zero-order valence-electron chi connectivity index (χ0n) is 16.1. The Kier molecular flexibility index (Phi) is 4.20. The van der Waals surface area contributed by atoms with Crippen LogP contribution in [0.5, 0.6) is 0 Å². The number of nitrogens with one attached hydrogen (secondary N) is 1. The van der Waals surface area contributed by atoms with Crippen LogP contribution in [0, 0.1) is 13.8 Å². The predicted octanol–water partition coefficient (Wildman–Crippen LogP) is 4.19. The minimum absolute atomic E-state index is 0.291. The summed E-state index contributed by atoms with van der Waals surface area (Å²) in [6.07, 6.45) is 5.35. The molecule has 5 rings (SSSR count). The second-order valence-corrected chi connectivity index (χ2v) is 7.60. The maximum absolute atomic E-state index is 4.88. The third-order valence-electron chi connectivity index (χ3n) is 5.83. The first-order chi connectivity index (χ1) is 13.7. The smallest absolute Gasteiger partial charge is 0.139 e. The first kappa shape index (κ1) is 17.1. The molecule has 2 heterocycles. The van der Waals surface area contributed by atoms with Gasteiger partial charge < -0.3 is 5.32 Å². The molecule has 0 amide bonds. The molecular formula is C22H23N5O. The van der Waals surface area contributed by atoms with Gasteiger partial charge in [0, 0.05) is 23.8 Å². The number of rotatable bonds is 4. The lowest BCUT2D eigenvalue weighted by Gasteiger charge is -2.24. The van der Waals surface area contributed by atoms with Crippen molar-refractivity contribution < 1.29 is 4.63 Å². The summed E-state index contributed by atoms with van der Waals surface area (Å²) in [4.78, 5) is 0. The van der Waals surface area contributed by atoms with E-state index >= 15 is 0 Å². The second-order valence-electron chi connectivity index (χ2n) is 7.60. The van der Waals surface area contributed by atoms with Gasteiger partial charge in [-0.25, -0.2) is 9.31 Å². The largest absolute Gasteiger partial charge is 0.306 e. The van der Waals surface area contributed by atoms with Gasteiger partial charge in [0.2, 0.25) is 0 Å². The number of fused-ring (bicyclic) bond motifs is 2. The number of aryl methyl sites for hydroxylation is 2. The van der Waals surface area contributed by atoms with Crippen LogP contribution in [0.25, 0.3) is 16.7 Å². The molecular weight excluding hydrogens is 350 g/mol. The van der Waals surface area contributed by atoms with Crippen LogP contribution in [0.15, 0.2) is 47.2 Å². The van der Waals surface area contributed by atoms with Crippen LogP contribution >= 0.6 is 0 Å². The molecule has 4 aromatic rings. The fourth-order valence-electron chi connectivity index (χ4n) is 4.09. The molecule has 0 spiro atoms. The summed E-state index contributed by atoms with van der Waals surface area (Å²) in [5, 5.41) is 16.4. The van der Waals surface area contributed by atoms with Crippen molar-refractivity contribution in [1.29, 1.82) is 0 Å². The van der Waals surface area contributed by atoms with E-state index in [9.17, 15) is 0 Å². The van der Waals surface area contributed by atoms with Crippen LogP contribution in [0.1, 0.15) is 46.8 Å². The quantitative estimate of drug-likeness (QED) is 0.581. The van der Waals surface area contributed by atoms with Crippen LogP contribution < -0.4 is 5.32 Å². The predicted molar refractivity (Wildman–Crippen MR) is 107 cm³/mol. The molecule has 0 bridgehead atoms. The normalized spacial score (nSPS) is 16.4. The Bertz CT molecular complexity index is 1140. The summed E-state index contributed by atoms with van der Waals surface area (Å²) < 4.78 is 6.99. The lowest BCUT2D eigenvalue weighted by molar-refractivity contribution is 0.315. The molecule has 0 saturated carbocycles. The van der Waals surface area contributed by atoms with Crippen LogP contribution in [0.4, 0.5) is 0 Å². The summed E-state index contributed by atoms with van der Waals surface area (Å²) in [6, 6.07) is 12.8. The number of nitrogens with zero attached hydrogens (tertiary/aromatic N) is 4. The Labute approximate surface area is 163 Å². The fourth-order valence-corrected chi connectivity index (χ4v) is 4.09. The first-order valence-corrected chi connectivity index (χ1v) is 9.78. The Morgan fingerprint density at radius 3 is 2.96 bits per heavy atom. The van der Waals surface area contributed by atoms with Crippen molar-refractivity contribution in [1.82, 2.24) is 25.4 Å². The van der Waals surface area contributed by atoms with Gasteiger partial charge in [0.1, 0.15) is 11.0 Å². The summed E-state index contributed by atoms with van der Waals surface area (Å²) in [7, 11) is 0. The Balaban J connectivity index is 1.41. The van der Waals surface area contributed by atoms with E-state index in [1.165, 1.54) is 22.4 Å². The fraction of sp³-hybridized carbons (Fsp3) is 0.318. The minimum atomic E-state index is 0.291. The highest BCUT2D eigenvalue weighted by molar-refractivity contribution is 5.76. The van der Waals surface area contributed by atoms with Crippen molar-refractivity contribution in [3.63, 3.8) is 0 Å². The highest BCUT2D eigenvalue weighted by Gasteiger charge is 2.25. The zero-order valence-corrected chi connectivity index (χ0v) is 16.1. The van der Waals surface area contributed by atoms with Crippen molar-refractivity contribution in [2.45, 2.75) is 45.7 Å². The molecule has 0 radical (unpaired) electrons. The summed E-state index contributed by atoms with van der Waals surface area (Å²) in [5.41, 5.74) is 9.09. The minimum Gasteiger partial charge on any atom is -0.306 e. The van der Waals surface area contributed by atoms with Gasteiger partial charge >= 0.3 is 0 Å². The van der Waals surface area contributed by atoms with Crippen molar-refractivity contribution in [3.05, 3.63) is 70.5 Å². The van der Waals surface area contributed by atoms with Gasteiger partial charge in [-0.3, -0.25) is 0 Å². The molecule has 0 fully saturated rings. The van der Waals surface area contributed by atoms with Crippen LogP contribution in [0.3, 0.4) is 0 Å². The molecule has 0 aliphatic heterocycles.